The molecular formula is C15H27NO2. The van der Waals surface area contributed by atoms with E-state index in [0.717, 1.165) is 25.7 Å². The zero-order chi connectivity index (χ0) is 13.0. The predicted octanol–water partition coefficient (Wildman–Crippen LogP) is 2.89. The first kappa shape index (κ1) is 13.9. The van der Waals surface area contributed by atoms with Crippen molar-refractivity contribution >= 4 is 5.97 Å². The average molecular weight is 253 g/mol. The van der Waals surface area contributed by atoms with Crippen LogP contribution in [-0.4, -0.2) is 25.2 Å². The van der Waals surface area contributed by atoms with Crippen LogP contribution >= 0.6 is 0 Å². The maximum absolute atomic E-state index is 11.6. The number of hydrogen-bond acceptors (Lipinski definition) is 3. The lowest BCUT2D eigenvalue weighted by Gasteiger charge is -2.29. The summed E-state index contributed by atoms with van der Waals surface area (Å²) in [6.45, 7) is 5.87. The predicted molar refractivity (Wildman–Crippen MR) is 72.3 cm³/mol. The fourth-order valence-electron chi connectivity index (χ4n) is 2.99. The Hall–Kier alpha value is -0.570. The molecule has 0 saturated heterocycles. The Bertz CT molecular complexity index is 278. The van der Waals surface area contributed by atoms with Crippen LogP contribution in [0.5, 0.6) is 0 Å². The summed E-state index contributed by atoms with van der Waals surface area (Å²) in [5.74, 6) is 0.173. The van der Waals surface area contributed by atoms with E-state index in [2.05, 4.69) is 12.2 Å². The van der Waals surface area contributed by atoms with Crippen LogP contribution in [0.15, 0.2) is 0 Å². The number of ether oxygens (including phenoxy) is 1. The highest BCUT2D eigenvalue weighted by atomic mass is 16.5. The van der Waals surface area contributed by atoms with Gasteiger partial charge in [-0.05, 0) is 57.3 Å². The van der Waals surface area contributed by atoms with Gasteiger partial charge >= 0.3 is 5.97 Å². The van der Waals surface area contributed by atoms with Gasteiger partial charge in [-0.15, -0.1) is 0 Å². The van der Waals surface area contributed by atoms with E-state index in [1.165, 1.54) is 25.8 Å². The van der Waals surface area contributed by atoms with Crippen LogP contribution in [0.25, 0.3) is 0 Å². The van der Waals surface area contributed by atoms with Crippen LogP contribution in [0, 0.1) is 11.3 Å². The minimum Gasteiger partial charge on any atom is -0.466 e. The van der Waals surface area contributed by atoms with Crippen molar-refractivity contribution in [2.45, 2.75) is 64.8 Å². The molecule has 0 heterocycles. The van der Waals surface area contributed by atoms with Gasteiger partial charge in [0.2, 0.25) is 0 Å². The molecule has 2 fully saturated rings. The maximum Gasteiger partial charge on any atom is 0.308 e. The Kier molecular flexibility index (Phi) is 4.66. The first-order valence-electron chi connectivity index (χ1n) is 7.59. The van der Waals surface area contributed by atoms with Gasteiger partial charge in [0.05, 0.1) is 12.5 Å². The van der Waals surface area contributed by atoms with Crippen molar-refractivity contribution in [1.29, 1.82) is 0 Å². The highest BCUT2D eigenvalue weighted by molar-refractivity contribution is 5.72. The van der Waals surface area contributed by atoms with Gasteiger partial charge in [-0.2, -0.15) is 0 Å². The van der Waals surface area contributed by atoms with Crippen molar-refractivity contribution < 1.29 is 9.53 Å². The third-order valence-electron chi connectivity index (χ3n) is 4.82. The zero-order valence-corrected chi connectivity index (χ0v) is 11.8. The standard InChI is InChI=1S/C15H27NO2/c1-3-15(9-10-15)11-16-13-7-5-12(6-8-13)14(17)18-4-2/h12-13,16H,3-11H2,1-2H3. The van der Waals surface area contributed by atoms with E-state index in [0.29, 0.717) is 18.1 Å². The van der Waals surface area contributed by atoms with Crippen molar-refractivity contribution in [3.8, 4) is 0 Å². The maximum atomic E-state index is 11.6. The summed E-state index contributed by atoms with van der Waals surface area (Å²) in [5.41, 5.74) is 0.623. The molecule has 0 atom stereocenters. The van der Waals surface area contributed by atoms with Gasteiger partial charge in [0.25, 0.3) is 0 Å². The highest BCUT2D eigenvalue weighted by Crippen LogP contribution is 2.48. The number of carbonyl (C=O) groups is 1. The fourth-order valence-corrected chi connectivity index (χ4v) is 2.99. The molecule has 2 aliphatic carbocycles. The van der Waals surface area contributed by atoms with E-state index in [1.807, 2.05) is 6.92 Å². The molecule has 0 spiro atoms. The van der Waals surface area contributed by atoms with Crippen molar-refractivity contribution in [3.05, 3.63) is 0 Å². The Labute approximate surface area is 111 Å². The van der Waals surface area contributed by atoms with Crippen molar-refractivity contribution in [2.75, 3.05) is 13.2 Å². The summed E-state index contributed by atoms with van der Waals surface area (Å²) < 4.78 is 5.10. The van der Waals surface area contributed by atoms with Crippen LogP contribution in [0.4, 0.5) is 0 Å². The second-order valence-corrected chi connectivity index (χ2v) is 6.04. The number of rotatable bonds is 6. The van der Waals surface area contributed by atoms with Gasteiger partial charge in [0.1, 0.15) is 0 Å². The monoisotopic (exact) mass is 253 g/mol. The summed E-state index contributed by atoms with van der Waals surface area (Å²) in [4.78, 5) is 11.6. The van der Waals surface area contributed by atoms with Gasteiger partial charge in [-0.1, -0.05) is 6.92 Å². The minimum absolute atomic E-state index is 0.0168. The van der Waals surface area contributed by atoms with E-state index < -0.39 is 0 Å². The van der Waals surface area contributed by atoms with E-state index in [-0.39, 0.29) is 11.9 Å². The summed E-state index contributed by atoms with van der Waals surface area (Å²) in [5, 5.41) is 3.71. The van der Waals surface area contributed by atoms with Crippen LogP contribution in [0.3, 0.4) is 0 Å². The van der Waals surface area contributed by atoms with Gasteiger partial charge in [0, 0.05) is 12.6 Å². The van der Waals surface area contributed by atoms with E-state index in [4.69, 9.17) is 4.74 Å². The molecule has 1 N–H and O–H groups in total. The molecule has 0 amide bonds. The molecular weight excluding hydrogens is 226 g/mol. The van der Waals surface area contributed by atoms with Crippen molar-refractivity contribution in [3.63, 3.8) is 0 Å². The first-order valence-corrected chi connectivity index (χ1v) is 7.59. The van der Waals surface area contributed by atoms with Crippen molar-refractivity contribution in [2.24, 2.45) is 11.3 Å². The Morgan fingerprint density at radius 1 is 1.22 bits per heavy atom. The number of nitrogens with one attached hydrogen (secondary N) is 1. The molecule has 2 aliphatic rings. The minimum atomic E-state index is 0.0168. The molecule has 3 heteroatoms. The van der Waals surface area contributed by atoms with Gasteiger partial charge in [0.15, 0.2) is 0 Å². The quantitative estimate of drug-likeness (QED) is 0.740. The summed E-state index contributed by atoms with van der Waals surface area (Å²) in [6, 6.07) is 0.625. The zero-order valence-electron chi connectivity index (χ0n) is 11.8. The fraction of sp³-hybridized carbons (Fsp3) is 0.933. The summed E-state index contributed by atoms with van der Waals surface area (Å²) in [6.07, 6.45) is 8.35. The lowest BCUT2D eigenvalue weighted by Crippen LogP contribution is -2.38. The molecule has 0 bridgehead atoms. The van der Waals surface area contributed by atoms with E-state index >= 15 is 0 Å². The third-order valence-corrected chi connectivity index (χ3v) is 4.82. The molecule has 3 nitrogen and oxygen atoms in total. The Balaban J connectivity index is 1.65. The Morgan fingerprint density at radius 3 is 2.39 bits per heavy atom. The van der Waals surface area contributed by atoms with Crippen LogP contribution < -0.4 is 5.32 Å². The lowest BCUT2D eigenvalue weighted by atomic mass is 9.85. The molecule has 0 radical (unpaired) electrons. The second kappa shape index (κ2) is 6.05. The summed E-state index contributed by atoms with van der Waals surface area (Å²) in [7, 11) is 0. The molecule has 0 aliphatic heterocycles. The molecule has 0 aromatic carbocycles. The van der Waals surface area contributed by atoms with Gasteiger partial charge < -0.3 is 10.1 Å². The van der Waals surface area contributed by atoms with Gasteiger partial charge in [-0.3, -0.25) is 4.79 Å². The molecule has 0 unspecified atom stereocenters. The molecule has 18 heavy (non-hydrogen) atoms. The normalized spacial score (nSPS) is 29.9. The van der Waals surface area contributed by atoms with Gasteiger partial charge in [-0.25, -0.2) is 0 Å². The third kappa shape index (κ3) is 3.47. The topological polar surface area (TPSA) is 38.3 Å². The molecule has 0 aromatic heterocycles. The molecule has 104 valence electrons. The molecule has 2 rings (SSSR count). The average Bonchev–Trinajstić information content (AvgIpc) is 3.18. The number of esters is 1. The van der Waals surface area contributed by atoms with Crippen LogP contribution in [0.2, 0.25) is 0 Å². The SMILES string of the molecule is CCOC(=O)C1CCC(NCC2(CC)CC2)CC1. The Morgan fingerprint density at radius 2 is 1.89 bits per heavy atom. The lowest BCUT2D eigenvalue weighted by molar-refractivity contribution is -0.149. The second-order valence-electron chi connectivity index (χ2n) is 6.04. The van der Waals surface area contributed by atoms with Crippen LogP contribution in [-0.2, 0) is 9.53 Å². The largest absolute Gasteiger partial charge is 0.466 e. The van der Waals surface area contributed by atoms with E-state index in [9.17, 15) is 4.79 Å². The number of hydrogen-bond donors (Lipinski definition) is 1. The van der Waals surface area contributed by atoms with Crippen molar-refractivity contribution in [1.82, 2.24) is 5.32 Å². The summed E-state index contributed by atoms with van der Waals surface area (Å²) >= 11 is 0. The highest BCUT2D eigenvalue weighted by Gasteiger charge is 2.40. The molecule has 0 aromatic rings. The van der Waals surface area contributed by atoms with Crippen LogP contribution in [0.1, 0.15) is 58.8 Å². The smallest absolute Gasteiger partial charge is 0.308 e. The molecule has 2 saturated carbocycles. The van der Waals surface area contributed by atoms with E-state index in [1.54, 1.807) is 0 Å². The first-order chi connectivity index (χ1) is 8.69. The number of carbonyl (C=O) groups excluding carboxylic acids is 1.